The summed E-state index contributed by atoms with van der Waals surface area (Å²) in [6.45, 7) is 4.47. The summed E-state index contributed by atoms with van der Waals surface area (Å²) < 4.78 is 32.6. The Balaban J connectivity index is 2.06. The van der Waals surface area contributed by atoms with Crippen LogP contribution >= 0.6 is 0 Å². The maximum absolute atomic E-state index is 11.6. The molecular formula is C25H36O3S. The first-order chi connectivity index (χ1) is 13.9. The monoisotopic (exact) mass is 416 g/mol. The van der Waals surface area contributed by atoms with Crippen LogP contribution in [0.4, 0.5) is 0 Å². The zero-order chi connectivity index (χ0) is 21.1. The fourth-order valence-corrected chi connectivity index (χ4v) is 4.63. The maximum atomic E-state index is 11.6. The third kappa shape index (κ3) is 8.31. The first-order valence-electron chi connectivity index (χ1n) is 11.1. The summed E-state index contributed by atoms with van der Waals surface area (Å²) in [5.74, 6) is 0. The van der Waals surface area contributed by atoms with E-state index >= 15 is 0 Å². The molecule has 0 unspecified atom stereocenters. The fourth-order valence-electron chi connectivity index (χ4n) is 3.88. The Hall–Kier alpha value is -1.65. The van der Waals surface area contributed by atoms with Crippen LogP contribution in [0, 0.1) is 0 Å². The van der Waals surface area contributed by atoms with Crippen molar-refractivity contribution in [1.82, 2.24) is 0 Å². The number of unbranched alkanes of at least 4 members (excludes halogenated alkanes) is 4. The van der Waals surface area contributed by atoms with Crippen molar-refractivity contribution in [2.45, 2.75) is 89.4 Å². The van der Waals surface area contributed by atoms with Crippen LogP contribution in [-0.2, 0) is 35.8 Å². The van der Waals surface area contributed by atoms with Crippen molar-refractivity contribution in [2.75, 3.05) is 0 Å². The molecule has 2 aromatic carbocycles. The van der Waals surface area contributed by atoms with Gasteiger partial charge in [0.1, 0.15) is 0 Å². The second kappa shape index (κ2) is 12.1. The Morgan fingerprint density at radius 3 is 1.66 bits per heavy atom. The smallest absolute Gasteiger partial charge is 0.282 e. The molecule has 0 amide bonds. The van der Waals surface area contributed by atoms with Gasteiger partial charge in [-0.1, -0.05) is 75.9 Å². The first kappa shape index (κ1) is 23.6. The topological polar surface area (TPSA) is 54.4 Å². The van der Waals surface area contributed by atoms with Crippen molar-refractivity contribution in [3.8, 4) is 0 Å². The minimum atomic E-state index is -4.17. The van der Waals surface area contributed by atoms with Gasteiger partial charge in [0.25, 0.3) is 10.1 Å². The zero-order valence-electron chi connectivity index (χ0n) is 18.0. The average molecular weight is 417 g/mol. The number of hydrogen-bond acceptors (Lipinski definition) is 2. The van der Waals surface area contributed by atoms with E-state index in [9.17, 15) is 13.0 Å². The summed E-state index contributed by atoms with van der Waals surface area (Å²) in [6.07, 6.45) is 12.1. The standard InChI is InChI=1S/C25H36O3S/c1-3-5-7-12-21-18-22(13-8-6-4-2)20-23(19-21)14-11-16-24-15-9-10-17-25(24)29(26,27)28/h9-10,15,17-20H,3-8,11-14,16H2,1-2H3,(H,26,27,28). The van der Waals surface area contributed by atoms with Gasteiger partial charge >= 0.3 is 0 Å². The SMILES string of the molecule is CCCCCc1cc(CCCCC)cc(CCCc2ccccc2S(=O)(=O)O)c1. The van der Waals surface area contributed by atoms with Gasteiger partial charge in [-0.3, -0.25) is 4.55 Å². The quantitative estimate of drug-likeness (QED) is 0.297. The predicted molar refractivity (Wildman–Crippen MR) is 121 cm³/mol. The van der Waals surface area contributed by atoms with Crippen LogP contribution in [0.3, 0.4) is 0 Å². The number of benzene rings is 2. The van der Waals surface area contributed by atoms with E-state index in [1.54, 1.807) is 12.1 Å². The van der Waals surface area contributed by atoms with Crippen molar-refractivity contribution in [2.24, 2.45) is 0 Å². The molecule has 2 rings (SSSR count). The van der Waals surface area contributed by atoms with E-state index in [1.165, 1.54) is 61.3 Å². The van der Waals surface area contributed by atoms with Gasteiger partial charge in [0.05, 0.1) is 4.90 Å². The highest BCUT2D eigenvalue weighted by atomic mass is 32.2. The van der Waals surface area contributed by atoms with Crippen LogP contribution < -0.4 is 0 Å². The van der Waals surface area contributed by atoms with Crippen molar-refractivity contribution in [1.29, 1.82) is 0 Å². The van der Waals surface area contributed by atoms with Gasteiger partial charge in [-0.05, 0) is 73.3 Å². The molecule has 1 N–H and O–H groups in total. The molecule has 29 heavy (non-hydrogen) atoms. The Morgan fingerprint density at radius 2 is 1.17 bits per heavy atom. The van der Waals surface area contributed by atoms with Gasteiger partial charge in [0.15, 0.2) is 0 Å². The maximum Gasteiger partial charge on any atom is 0.294 e. The summed E-state index contributed by atoms with van der Waals surface area (Å²) in [7, 11) is -4.17. The Bertz CT molecular complexity index is 828. The molecule has 0 aliphatic rings. The van der Waals surface area contributed by atoms with Crippen molar-refractivity contribution >= 4 is 10.1 Å². The van der Waals surface area contributed by atoms with Crippen LogP contribution in [0.2, 0.25) is 0 Å². The molecule has 0 bridgehead atoms. The van der Waals surface area contributed by atoms with Crippen LogP contribution in [0.5, 0.6) is 0 Å². The molecule has 0 aliphatic carbocycles. The Kier molecular flexibility index (Phi) is 9.89. The van der Waals surface area contributed by atoms with E-state index in [1.807, 2.05) is 6.07 Å². The lowest BCUT2D eigenvalue weighted by molar-refractivity contribution is 0.482. The van der Waals surface area contributed by atoms with E-state index in [0.717, 1.165) is 25.7 Å². The zero-order valence-corrected chi connectivity index (χ0v) is 18.8. The van der Waals surface area contributed by atoms with Crippen LogP contribution in [-0.4, -0.2) is 13.0 Å². The average Bonchev–Trinajstić information content (AvgIpc) is 2.68. The second-order valence-electron chi connectivity index (χ2n) is 8.01. The van der Waals surface area contributed by atoms with E-state index < -0.39 is 10.1 Å². The van der Waals surface area contributed by atoms with E-state index in [4.69, 9.17) is 0 Å². The highest BCUT2D eigenvalue weighted by Crippen LogP contribution is 2.20. The van der Waals surface area contributed by atoms with Crippen molar-refractivity contribution in [3.63, 3.8) is 0 Å². The van der Waals surface area contributed by atoms with Crippen molar-refractivity contribution < 1.29 is 13.0 Å². The van der Waals surface area contributed by atoms with Gasteiger partial charge in [0, 0.05) is 0 Å². The molecule has 0 aromatic heterocycles. The number of hydrogen-bond donors (Lipinski definition) is 1. The molecule has 2 aromatic rings. The molecule has 4 heteroatoms. The van der Waals surface area contributed by atoms with Crippen molar-refractivity contribution in [3.05, 3.63) is 64.7 Å². The Labute approximate surface area is 177 Å². The molecule has 3 nitrogen and oxygen atoms in total. The number of rotatable bonds is 13. The summed E-state index contributed by atoms with van der Waals surface area (Å²) in [4.78, 5) is 0.0357. The third-order valence-electron chi connectivity index (χ3n) is 5.41. The van der Waals surface area contributed by atoms with Gasteiger partial charge in [0.2, 0.25) is 0 Å². The first-order valence-corrected chi connectivity index (χ1v) is 12.5. The third-order valence-corrected chi connectivity index (χ3v) is 6.37. The molecule has 0 saturated carbocycles. The number of aryl methyl sites for hydroxylation is 4. The van der Waals surface area contributed by atoms with Gasteiger partial charge < -0.3 is 0 Å². The molecule has 0 fully saturated rings. The minimum absolute atomic E-state index is 0.0357. The molecule has 0 aliphatic heterocycles. The molecule has 160 valence electrons. The lowest BCUT2D eigenvalue weighted by atomic mass is 9.95. The normalized spacial score (nSPS) is 11.7. The van der Waals surface area contributed by atoms with Crippen LogP contribution in [0.1, 0.15) is 81.0 Å². The van der Waals surface area contributed by atoms with Gasteiger partial charge in [-0.25, -0.2) is 0 Å². The largest absolute Gasteiger partial charge is 0.294 e. The summed E-state index contributed by atoms with van der Waals surface area (Å²) in [5, 5.41) is 0. The molecule has 0 radical (unpaired) electrons. The lowest BCUT2D eigenvalue weighted by Crippen LogP contribution is -2.03. The minimum Gasteiger partial charge on any atom is -0.282 e. The molecule has 0 saturated heterocycles. The predicted octanol–water partition coefficient (Wildman–Crippen LogP) is 6.57. The van der Waals surface area contributed by atoms with E-state index in [-0.39, 0.29) is 4.90 Å². The highest BCUT2D eigenvalue weighted by molar-refractivity contribution is 7.85. The molecule has 0 heterocycles. The van der Waals surface area contributed by atoms with Crippen LogP contribution in [0.15, 0.2) is 47.4 Å². The Morgan fingerprint density at radius 1 is 0.690 bits per heavy atom. The summed E-state index contributed by atoms with van der Waals surface area (Å²) in [5.41, 5.74) is 4.90. The van der Waals surface area contributed by atoms with Gasteiger partial charge in [-0.2, -0.15) is 8.42 Å². The summed E-state index contributed by atoms with van der Waals surface area (Å²) >= 11 is 0. The molecule has 0 atom stereocenters. The fraction of sp³-hybridized carbons (Fsp3) is 0.520. The second-order valence-corrected chi connectivity index (χ2v) is 9.40. The molecule has 0 spiro atoms. The van der Waals surface area contributed by atoms with Gasteiger partial charge in [-0.15, -0.1) is 0 Å². The highest BCUT2D eigenvalue weighted by Gasteiger charge is 2.14. The van der Waals surface area contributed by atoms with Crippen LogP contribution in [0.25, 0.3) is 0 Å². The van der Waals surface area contributed by atoms with E-state index in [2.05, 4.69) is 32.0 Å². The molecular weight excluding hydrogens is 380 g/mol. The summed E-state index contributed by atoms with van der Waals surface area (Å²) in [6, 6.07) is 13.8. The lowest BCUT2D eigenvalue weighted by Gasteiger charge is -2.11. The van der Waals surface area contributed by atoms with E-state index in [0.29, 0.717) is 12.0 Å².